The summed E-state index contributed by atoms with van der Waals surface area (Å²) < 4.78 is 13.6. The molecule has 0 saturated heterocycles. The van der Waals surface area contributed by atoms with Crippen molar-refractivity contribution in [3.8, 4) is 0 Å². The van der Waals surface area contributed by atoms with Crippen molar-refractivity contribution in [3.05, 3.63) is 0 Å². The molecule has 0 aromatic rings. The molecule has 0 aliphatic carbocycles. The second-order valence-corrected chi connectivity index (χ2v) is 2.71. The van der Waals surface area contributed by atoms with Gasteiger partial charge in [-0.3, -0.25) is 0 Å². The summed E-state index contributed by atoms with van der Waals surface area (Å²) in [7, 11) is -4.72. The fraction of sp³-hybridized carbons (Fsp3) is 1.00. The SMILES string of the molecule is CC(C)OP(=O)([O-])[O-].[K+].[K+]. The third-order valence-electron chi connectivity index (χ3n) is 0.340. The van der Waals surface area contributed by atoms with Gasteiger partial charge in [0.2, 0.25) is 0 Å². The molecular formula is C3H7K2O4P. The minimum Gasteiger partial charge on any atom is -0.790 e. The molecule has 0 rings (SSSR count). The molecular weight excluding hydrogens is 209 g/mol. The van der Waals surface area contributed by atoms with Gasteiger partial charge in [0, 0.05) is 0 Å². The topological polar surface area (TPSA) is 72.4 Å². The van der Waals surface area contributed by atoms with Crippen molar-refractivity contribution in [3.63, 3.8) is 0 Å². The predicted octanol–water partition coefficient (Wildman–Crippen LogP) is -6.75. The Balaban J connectivity index is -0.000000245. The van der Waals surface area contributed by atoms with Crippen LogP contribution in [0.15, 0.2) is 0 Å². The summed E-state index contributed by atoms with van der Waals surface area (Å²) in [5.74, 6) is 0. The molecule has 0 heterocycles. The van der Waals surface area contributed by atoms with Crippen LogP contribution in [-0.4, -0.2) is 6.10 Å². The molecule has 0 aliphatic rings. The largest absolute Gasteiger partial charge is 1.00 e. The summed E-state index contributed by atoms with van der Waals surface area (Å²) in [6.07, 6.45) is -0.546. The molecule has 10 heavy (non-hydrogen) atoms. The maximum Gasteiger partial charge on any atom is 1.00 e. The number of hydrogen-bond donors (Lipinski definition) is 0. The number of phosphoric acid groups is 1. The van der Waals surface area contributed by atoms with Crippen molar-refractivity contribution in [2.75, 3.05) is 0 Å². The first-order valence-corrected chi connectivity index (χ1v) is 3.58. The van der Waals surface area contributed by atoms with E-state index in [-0.39, 0.29) is 103 Å². The quantitative estimate of drug-likeness (QED) is 0.340. The van der Waals surface area contributed by atoms with Gasteiger partial charge >= 0.3 is 103 Å². The van der Waals surface area contributed by atoms with Crippen LogP contribution < -0.4 is 113 Å². The minimum atomic E-state index is -4.72. The minimum absolute atomic E-state index is 0. The maximum atomic E-state index is 9.69. The average Bonchev–Trinajstić information content (AvgIpc) is 1.21. The Kier molecular flexibility index (Phi) is 17.1. The first-order valence-electron chi connectivity index (χ1n) is 2.12. The second kappa shape index (κ2) is 8.96. The van der Waals surface area contributed by atoms with Crippen LogP contribution >= 0.6 is 7.82 Å². The molecule has 0 saturated carbocycles. The molecule has 50 valence electrons. The van der Waals surface area contributed by atoms with Gasteiger partial charge in [0.25, 0.3) is 0 Å². The van der Waals surface area contributed by atoms with Gasteiger partial charge < -0.3 is 18.9 Å². The van der Waals surface area contributed by atoms with E-state index in [1.54, 1.807) is 0 Å². The summed E-state index contributed by atoms with van der Waals surface area (Å²) in [6, 6.07) is 0. The number of hydrogen-bond acceptors (Lipinski definition) is 4. The zero-order valence-corrected chi connectivity index (χ0v) is 13.8. The van der Waals surface area contributed by atoms with Crippen LogP contribution in [0.1, 0.15) is 13.8 Å². The molecule has 0 atom stereocenters. The summed E-state index contributed by atoms with van der Waals surface area (Å²) in [5, 5.41) is 0. The van der Waals surface area contributed by atoms with Crippen molar-refractivity contribution >= 4 is 7.82 Å². The third kappa shape index (κ3) is 17.5. The zero-order valence-electron chi connectivity index (χ0n) is 6.66. The van der Waals surface area contributed by atoms with Crippen LogP contribution in [-0.2, 0) is 9.09 Å². The maximum absolute atomic E-state index is 9.69. The van der Waals surface area contributed by atoms with Crippen LogP contribution in [0.3, 0.4) is 0 Å². The number of rotatable bonds is 2. The molecule has 0 radical (unpaired) electrons. The fourth-order valence-electron chi connectivity index (χ4n) is 0.258. The predicted molar refractivity (Wildman–Crippen MR) is 23.8 cm³/mol. The summed E-state index contributed by atoms with van der Waals surface area (Å²) in [4.78, 5) is 19.4. The first-order chi connectivity index (χ1) is 3.42. The molecule has 4 nitrogen and oxygen atoms in total. The Bertz CT molecular complexity index is 111. The molecule has 0 aliphatic heterocycles. The van der Waals surface area contributed by atoms with Crippen LogP contribution in [0, 0.1) is 0 Å². The van der Waals surface area contributed by atoms with Gasteiger partial charge in [0.15, 0.2) is 0 Å². The first kappa shape index (κ1) is 19.0. The normalized spacial score (nSPS) is 10.1. The molecule has 0 N–H and O–H groups in total. The second-order valence-electron chi connectivity index (χ2n) is 1.60. The van der Waals surface area contributed by atoms with Gasteiger partial charge in [0.1, 0.15) is 0 Å². The Labute approximate surface area is 146 Å². The van der Waals surface area contributed by atoms with E-state index in [1.807, 2.05) is 0 Å². The third-order valence-corrected chi connectivity index (χ3v) is 1.02. The van der Waals surface area contributed by atoms with Gasteiger partial charge in [-0.25, -0.2) is 0 Å². The Morgan fingerprint density at radius 2 is 1.60 bits per heavy atom. The molecule has 0 spiro atoms. The zero-order chi connectivity index (χ0) is 6.78. The molecule has 0 aromatic heterocycles. The standard InChI is InChI=1S/C3H9O4P.2K/c1-3(2)7-8(4,5)6;;/h3H,1-2H3,(H2,4,5,6);;/q;2*+1/p-2. The fourth-order valence-corrected chi connectivity index (χ4v) is 0.775. The smallest absolute Gasteiger partial charge is 0.790 e. The van der Waals surface area contributed by atoms with Crippen LogP contribution in [0.5, 0.6) is 0 Å². The van der Waals surface area contributed by atoms with Crippen molar-refractivity contribution in [1.82, 2.24) is 0 Å². The van der Waals surface area contributed by atoms with Gasteiger partial charge in [-0.2, -0.15) is 0 Å². The summed E-state index contributed by atoms with van der Waals surface area (Å²) in [5.41, 5.74) is 0. The van der Waals surface area contributed by atoms with E-state index in [1.165, 1.54) is 13.8 Å². The van der Waals surface area contributed by atoms with Gasteiger partial charge in [-0.05, 0) is 13.8 Å². The van der Waals surface area contributed by atoms with E-state index in [9.17, 15) is 14.4 Å². The average molecular weight is 216 g/mol. The molecule has 0 unspecified atom stereocenters. The van der Waals surface area contributed by atoms with Crippen molar-refractivity contribution in [2.24, 2.45) is 0 Å². The van der Waals surface area contributed by atoms with Crippen LogP contribution in [0.4, 0.5) is 0 Å². The summed E-state index contributed by atoms with van der Waals surface area (Å²) >= 11 is 0. The van der Waals surface area contributed by atoms with E-state index in [2.05, 4.69) is 4.52 Å². The van der Waals surface area contributed by atoms with Crippen LogP contribution in [0.2, 0.25) is 0 Å². The van der Waals surface area contributed by atoms with E-state index >= 15 is 0 Å². The van der Waals surface area contributed by atoms with E-state index in [4.69, 9.17) is 0 Å². The van der Waals surface area contributed by atoms with Gasteiger partial charge in [-0.15, -0.1) is 0 Å². The van der Waals surface area contributed by atoms with E-state index < -0.39 is 13.9 Å². The van der Waals surface area contributed by atoms with E-state index in [0.717, 1.165) is 0 Å². The Morgan fingerprint density at radius 3 is 1.60 bits per heavy atom. The molecule has 7 heteroatoms. The summed E-state index contributed by atoms with van der Waals surface area (Å²) in [6.45, 7) is 2.95. The Hall–Kier alpha value is 3.38. The van der Waals surface area contributed by atoms with Crippen molar-refractivity contribution in [1.29, 1.82) is 0 Å². The molecule has 0 aromatic carbocycles. The Morgan fingerprint density at radius 1 is 1.30 bits per heavy atom. The molecule has 0 bridgehead atoms. The van der Waals surface area contributed by atoms with Crippen LogP contribution in [0.25, 0.3) is 0 Å². The molecule has 0 amide bonds. The molecule has 0 fully saturated rings. The van der Waals surface area contributed by atoms with E-state index in [0.29, 0.717) is 0 Å². The van der Waals surface area contributed by atoms with Crippen molar-refractivity contribution < 1.29 is 122 Å². The van der Waals surface area contributed by atoms with Gasteiger partial charge in [0.05, 0.1) is 13.9 Å². The van der Waals surface area contributed by atoms with Crippen molar-refractivity contribution in [2.45, 2.75) is 20.0 Å². The number of phosphoric ester groups is 1. The van der Waals surface area contributed by atoms with Gasteiger partial charge in [-0.1, -0.05) is 0 Å². The monoisotopic (exact) mass is 216 g/mol.